The maximum atomic E-state index is 13.5. The molecule has 0 radical (unpaired) electrons. The van der Waals surface area contributed by atoms with Gasteiger partial charge in [-0.05, 0) is 113 Å². The zero-order valence-corrected chi connectivity index (χ0v) is 33.5. The van der Waals surface area contributed by atoms with Crippen LogP contribution in [0, 0.1) is 18.8 Å². The Labute approximate surface area is 334 Å². The Kier molecular flexibility index (Phi) is 11.7. The fourth-order valence-electron chi connectivity index (χ4n) is 9.24. The Morgan fingerprint density at radius 3 is 2.73 bits per heavy atom. The second kappa shape index (κ2) is 16.7. The molecule has 6 atom stereocenters. The molecule has 3 aromatic heterocycles. The van der Waals surface area contributed by atoms with E-state index in [1.165, 1.54) is 22.7 Å². The third kappa shape index (κ3) is 7.81. The van der Waals surface area contributed by atoms with Crippen LogP contribution in [0.25, 0.3) is 11.0 Å². The first-order valence-electron chi connectivity index (χ1n) is 19.9. The lowest BCUT2D eigenvalue weighted by Crippen LogP contribution is -2.58. The van der Waals surface area contributed by atoms with Crippen molar-refractivity contribution in [3.63, 3.8) is 0 Å². The predicted molar refractivity (Wildman–Crippen MR) is 211 cm³/mol. The average Bonchev–Trinajstić information content (AvgIpc) is 4.03. The number of fused-ring (bicyclic) bond motifs is 4. The van der Waals surface area contributed by atoms with Gasteiger partial charge in [0.05, 0.1) is 28.0 Å². The molecule has 4 unspecified atom stereocenters. The van der Waals surface area contributed by atoms with Gasteiger partial charge in [-0.25, -0.2) is 9.48 Å². The fraction of sp³-hybridized carbons (Fsp3) is 0.600. The van der Waals surface area contributed by atoms with Crippen LogP contribution in [0.2, 0.25) is 0 Å². The molecule has 4 aromatic rings. The van der Waals surface area contributed by atoms with E-state index >= 15 is 0 Å². The normalized spacial score (nSPS) is 26.5. The van der Waals surface area contributed by atoms with Gasteiger partial charge in [-0.15, -0.1) is 27.8 Å². The summed E-state index contributed by atoms with van der Waals surface area (Å²) in [5.74, 6) is 0.708. The molecule has 0 bridgehead atoms. The Bertz CT molecular complexity index is 2000. The van der Waals surface area contributed by atoms with Crippen LogP contribution in [0.1, 0.15) is 78.0 Å². The van der Waals surface area contributed by atoms with Gasteiger partial charge in [0.15, 0.2) is 11.5 Å². The minimum atomic E-state index is -1.80. The first kappa shape index (κ1) is 39.2. The van der Waals surface area contributed by atoms with Crippen LogP contribution in [0.15, 0.2) is 35.7 Å². The van der Waals surface area contributed by atoms with Crippen molar-refractivity contribution in [2.24, 2.45) is 11.8 Å². The first-order chi connectivity index (χ1) is 27.1. The topological polar surface area (TPSA) is 181 Å². The minimum Gasteiger partial charge on any atom is -0.460 e. The molecule has 1 saturated heterocycles. The molecule has 2 saturated carbocycles. The van der Waals surface area contributed by atoms with Gasteiger partial charge < -0.3 is 45.1 Å². The number of nitrogens with zero attached hydrogens (tertiary/aromatic N) is 4. The van der Waals surface area contributed by atoms with Crippen molar-refractivity contribution in [3.05, 3.63) is 55.9 Å². The average molecular weight is 809 g/mol. The number of thiophene rings is 2. The number of hydrogen-bond donors (Lipinski definition) is 5. The van der Waals surface area contributed by atoms with Crippen LogP contribution in [0.5, 0.6) is 11.5 Å². The summed E-state index contributed by atoms with van der Waals surface area (Å²) in [4.78, 5) is 30.1. The van der Waals surface area contributed by atoms with E-state index in [9.17, 15) is 24.9 Å². The number of benzene rings is 1. The molecule has 4 aliphatic rings. The molecule has 56 heavy (non-hydrogen) atoms. The van der Waals surface area contributed by atoms with Crippen molar-refractivity contribution in [3.8, 4) is 11.5 Å². The highest BCUT2D eigenvalue weighted by molar-refractivity contribution is 7.13. The molecule has 302 valence electrons. The van der Waals surface area contributed by atoms with E-state index in [4.69, 9.17) is 14.2 Å². The molecule has 5 N–H and O–H groups in total. The van der Waals surface area contributed by atoms with Gasteiger partial charge in [0.1, 0.15) is 17.1 Å². The highest BCUT2D eigenvalue weighted by Crippen LogP contribution is 2.43. The Hall–Kier alpha value is -3.64. The lowest BCUT2D eigenvalue weighted by atomic mass is 9.68. The van der Waals surface area contributed by atoms with E-state index < -0.39 is 23.8 Å². The lowest BCUT2D eigenvalue weighted by Gasteiger charge is -2.45. The molecule has 2 aliphatic heterocycles. The molecule has 16 heteroatoms. The lowest BCUT2D eigenvalue weighted by molar-refractivity contribution is -0.169. The van der Waals surface area contributed by atoms with E-state index in [2.05, 4.69) is 32.9 Å². The van der Waals surface area contributed by atoms with Crippen molar-refractivity contribution >= 4 is 45.6 Å². The summed E-state index contributed by atoms with van der Waals surface area (Å²) in [6.45, 7) is 4.38. The summed E-state index contributed by atoms with van der Waals surface area (Å²) in [5, 5.41) is 50.5. The van der Waals surface area contributed by atoms with E-state index in [0.29, 0.717) is 66.2 Å². The summed E-state index contributed by atoms with van der Waals surface area (Å²) < 4.78 is 19.8. The maximum Gasteiger partial charge on any atom is 0.349 e. The number of carbonyl (C=O) groups excluding carboxylic acids is 2. The van der Waals surface area contributed by atoms with Crippen molar-refractivity contribution in [1.82, 2.24) is 30.5 Å². The molecule has 1 amide bonds. The third-order valence-electron chi connectivity index (χ3n) is 12.3. The zero-order valence-electron chi connectivity index (χ0n) is 31.9. The monoisotopic (exact) mass is 808 g/mol. The Morgan fingerprint density at radius 2 is 1.96 bits per heavy atom. The minimum absolute atomic E-state index is 0.00589. The highest BCUT2D eigenvalue weighted by Gasteiger charge is 2.46. The summed E-state index contributed by atoms with van der Waals surface area (Å²) in [6, 6.07) is 9.39. The van der Waals surface area contributed by atoms with Gasteiger partial charge in [-0.2, -0.15) is 0 Å². The third-order valence-corrected chi connectivity index (χ3v) is 14.4. The predicted octanol–water partition coefficient (Wildman–Crippen LogP) is 3.82. The van der Waals surface area contributed by atoms with Crippen LogP contribution in [0.3, 0.4) is 0 Å². The summed E-state index contributed by atoms with van der Waals surface area (Å²) in [6.07, 6.45) is 5.07. The second-order valence-electron chi connectivity index (χ2n) is 15.9. The van der Waals surface area contributed by atoms with E-state index in [1.807, 2.05) is 41.3 Å². The highest BCUT2D eigenvalue weighted by atomic mass is 32.1. The number of nitrogens with one attached hydrogen (secondary N) is 2. The molecule has 14 nitrogen and oxygen atoms in total. The van der Waals surface area contributed by atoms with Crippen LogP contribution in [-0.4, -0.2) is 104 Å². The van der Waals surface area contributed by atoms with Gasteiger partial charge in [0.25, 0.3) is 0 Å². The molecule has 0 spiro atoms. The van der Waals surface area contributed by atoms with Crippen LogP contribution in [-0.2, 0) is 33.0 Å². The molecule has 2 aliphatic carbocycles. The van der Waals surface area contributed by atoms with Crippen molar-refractivity contribution < 1.29 is 39.1 Å². The quantitative estimate of drug-likeness (QED) is 0.117. The van der Waals surface area contributed by atoms with E-state index in [0.717, 1.165) is 66.5 Å². The number of rotatable bonds is 14. The number of amides is 1. The second-order valence-corrected chi connectivity index (χ2v) is 18.1. The fourth-order valence-corrected chi connectivity index (χ4v) is 11.1. The van der Waals surface area contributed by atoms with Gasteiger partial charge in [-0.3, -0.25) is 4.79 Å². The first-order valence-corrected chi connectivity index (χ1v) is 21.5. The number of ether oxygens (including phenoxy) is 3. The number of piperidine rings is 1. The van der Waals surface area contributed by atoms with Crippen LogP contribution >= 0.6 is 22.7 Å². The number of hydrogen-bond acceptors (Lipinski definition) is 14. The van der Waals surface area contributed by atoms with Crippen LogP contribution in [0.4, 0.5) is 0 Å². The van der Waals surface area contributed by atoms with Crippen molar-refractivity contribution in [2.45, 2.75) is 114 Å². The number of aromatic nitrogens is 3. The van der Waals surface area contributed by atoms with E-state index in [-0.39, 0.29) is 36.7 Å². The van der Waals surface area contributed by atoms with Gasteiger partial charge in [0, 0.05) is 42.5 Å². The largest absolute Gasteiger partial charge is 0.460 e. The molecular formula is C40H52N6O8S2. The smallest absolute Gasteiger partial charge is 0.349 e. The number of carbonyl (C=O) groups is 2. The van der Waals surface area contributed by atoms with Gasteiger partial charge >= 0.3 is 5.97 Å². The van der Waals surface area contributed by atoms with Gasteiger partial charge in [-0.1, -0.05) is 11.3 Å². The van der Waals surface area contributed by atoms with Crippen LogP contribution < -0.4 is 20.1 Å². The molecule has 8 rings (SSSR count). The summed E-state index contributed by atoms with van der Waals surface area (Å²) in [5.41, 5.74) is 0.604. The Balaban J connectivity index is 0.821. The summed E-state index contributed by atoms with van der Waals surface area (Å²) in [7, 11) is 2.14. The number of aliphatic hydroxyl groups is 3. The SMILES string of the molecule is Cc1ccc([C@](O)(C(=O)OC2CCC(N(C)CCCn3nnc4cc(CNC[C@H](O)C5CCC(O)C6NC(=O)CCC65)c5c(c43)OCO5)CC2)c2cccs2)s1. The van der Waals surface area contributed by atoms with Crippen molar-refractivity contribution in [1.29, 1.82) is 0 Å². The maximum absolute atomic E-state index is 13.5. The van der Waals surface area contributed by atoms with Gasteiger partial charge in [0.2, 0.25) is 18.3 Å². The standard InChI is InChI=1S/C40H52N6O8S2/c1-23-6-14-33(56-23)40(51,32-5-3-18-55-32)39(50)54-26-9-7-25(8-10-26)45(2)16-4-17-46-36-29(43-44-46)19-24(37-38(36)53-22-52-37)20-41-21-31(48)27-11-13-30(47)35-28(27)12-15-34(49)42-35/h3,5-6,14,18-19,25-28,30-31,35,41,47-48,51H,4,7-13,15-17,20-22H2,1-2H3,(H,42,49)/t25?,26?,27?,28?,30?,31-,35?,40-/m0/s1. The number of aryl methyl sites for hydroxylation is 2. The van der Waals surface area contributed by atoms with Crippen molar-refractivity contribution in [2.75, 3.05) is 26.9 Å². The van der Waals surface area contributed by atoms with E-state index in [1.54, 1.807) is 6.07 Å². The molecule has 3 fully saturated rings. The number of aliphatic hydroxyl groups excluding tert-OH is 2. The zero-order chi connectivity index (χ0) is 39.0. The molecule has 5 heterocycles. The summed E-state index contributed by atoms with van der Waals surface area (Å²) >= 11 is 2.77. The molecular weight excluding hydrogens is 757 g/mol. The molecule has 1 aromatic carbocycles. The Morgan fingerprint density at radius 1 is 1.14 bits per heavy atom. The number of esters is 1.